The van der Waals surface area contributed by atoms with Crippen LogP contribution in [-0.4, -0.2) is 37.8 Å². The highest BCUT2D eigenvalue weighted by Crippen LogP contribution is 2.38. The summed E-state index contributed by atoms with van der Waals surface area (Å²) in [7, 11) is 0. The normalized spacial score (nSPS) is 17.8. The van der Waals surface area contributed by atoms with Gasteiger partial charge >= 0.3 is 5.97 Å². The van der Waals surface area contributed by atoms with Crippen LogP contribution >= 0.6 is 0 Å². The van der Waals surface area contributed by atoms with Gasteiger partial charge < -0.3 is 10.2 Å². The lowest BCUT2D eigenvalue weighted by Crippen LogP contribution is -2.22. The Labute approximate surface area is 99.3 Å². The van der Waals surface area contributed by atoms with E-state index in [1.165, 1.54) is 0 Å². The van der Waals surface area contributed by atoms with Crippen LogP contribution in [0.15, 0.2) is 0 Å². The lowest BCUT2D eigenvalue weighted by atomic mass is 9.82. The average Bonchev–Trinajstić information content (AvgIpc) is 2.62. The van der Waals surface area contributed by atoms with Gasteiger partial charge in [0.1, 0.15) is 0 Å². The number of nitrogens with zero attached hydrogens (tertiary/aromatic N) is 3. The molecular formula is C11H17N3O3. The molecule has 0 amide bonds. The van der Waals surface area contributed by atoms with E-state index in [0.717, 1.165) is 19.3 Å². The van der Waals surface area contributed by atoms with Crippen LogP contribution in [0.3, 0.4) is 0 Å². The van der Waals surface area contributed by atoms with E-state index in [2.05, 4.69) is 10.3 Å². The molecule has 17 heavy (non-hydrogen) atoms. The number of rotatable bonds is 5. The Hall–Kier alpha value is -1.43. The zero-order valence-corrected chi connectivity index (χ0v) is 9.83. The van der Waals surface area contributed by atoms with Crippen LogP contribution in [0.1, 0.15) is 60.7 Å². The molecule has 1 unspecified atom stereocenters. The van der Waals surface area contributed by atoms with Crippen molar-refractivity contribution in [1.82, 2.24) is 15.0 Å². The quantitative estimate of drug-likeness (QED) is 0.805. The van der Waals surface area contributed by atoms with Gasteiger partial charge in [0, 0.05) is 5.92 Å². The number of aliphatic hydroxyl groups is 1. The van der Waals surface area contributed by atoms with Crippen molar-refractivity contribution < 1.29 is 15.0 Å². The van der Waals surface area contributed by atoms with Crippen molar-refractivity contribution in [1.29, 1.82) is 0 Å². The van der Waals surface area contributed by atoms with Crippen LogP contribution in [-0.2, 0) is 0 Å². The van der Waals surface area contributed by atoms with Gasteiger partial charge in [0.05, 0.1) is 18.3 Å². The van der Waals surface area contributed by atoms with Gasteiger partial charge in [-0.15, -0.1) is 5.10 Å². The van der Waals surface area contributed by atoms with E-state index in [0.29, 0.717) is 12.1 Å². The van der Waals surface area contributed by atoms with Crippen molar-refractivity contribution in [2.75, 3.05) is 6.61 Å². The predicted octanol–water partition coefficient (Wildman–Crippen LogP) is 1.19. The van der Waals surface area contributed by atoms with Gasteiger partial charge in [-0.1, -0.05) is 18.6 Å². The third kappa shape index (κ3) is 2.04. The van der Waals surface area contributed by atoms with Crippen molar-refractivity contribution >= 4 is 5.97 Å². The molecule has 0 radical (unpaired) electrons. The van der Waals surface area contributed by atoms with Crippen LogP contribution in [0, 0.1) is 0 Å². The maximum Gasteiger partial charge on any atom is 0.358 e. The van der Waals surface area contributed by atoms with Crippen molar-refractivity contribution in [2.45, 2.75) is 44.6 Å². The molecule has 2 N–H and O–H groups in total. The molecular weight excluding hydrogens is 222 g/mol. The zero-order valence-electron chi connectivity index (χ0n) is 9.83. The van der Waals surface area contributed by atoms with Gasteiger partial charge in [-0.25, -0.2) is 9.48 Å². The molecule has 0 aliphatic heterocycles. The number of aliphatic hydroxyl groups excluding tert-OH is 1. The number of aromatic nitrogens is 3. The van der Waals surface area contributed by atoms with Gasteiger partial charge in [-0.05, 0) is 19.3 Å². The molecule has 1 saturated carbocycles. The first-order valence-electron chi connectivity index (χ1n) is 5.98. The summed E-state index contributed by atoms with van der Waals surface area (Å²) in [6, 6.07) is -0.175. The third-order valence-corrected chi connectivity index (χ3v) is 3.45. The fourth-order valence-corrected chi connectivity index (χ4v) is 2.16. The SMILES string of the molecule is CCC(CO)n1nnc(C(=O)O)c1C1CCC1. The molecule has 6 nitrogen and oxygen atoms in total. The van der Waals surface area contributed by atoms with Crippen molar-refractivity contribution in [3.8, 4) is 0 Å². The summed E-state index contributed by atoms with van der Waals surface area (Å²) in [6.07, 6.45) is 3.79. The molecule has 1 atom stereocenters. The minimum absolute atomic E-state index is 0.0430. The Kier molecular flexibility index (Phi) is 3.42. The summed E-state index contributed by atoms with van der Waals surface area (Å²) in [5.74, 6) is -0.803. The molecule has 0 bridgehead atoms. The molecule has 1 aliphatic carbocycles. The maximum absolute atomic E-state index is 11.1. The molecule has 2 rings (SSSR count). The second-order valence-electron chi connectivity index (χ2n) is 4.45. The van der Waals surface area contributed by atoms with E-state index < -0.39 is 5.97 Å². The summed E-state index contributed by atoms with van der Waals surface area (Å²) in [4.78, 5) is 11.1. The van der Waals surface area contributed by atoms with E-state index in [1.54, 1.807) is 4.68 Å². The van der Waals surface area contributed by atoms with Gasteiger partial charge in [0.15, 0.2) is 5.69 Å². The molecule has 1 aliphatic rings. The fraction of sp³-hybridized carbons (Fsp3) is 0.727. The summed E-state index contributed by atoms with van der Waals surface area (Å²) in [5, 5.41) is 26.0. The Morgan fingerprint density at radius 3 is 2.71 bits per heavy atom. The van der Waals surface area contributed by atoms with E-state index in [1.807, 2.05) is 6.92 Å². The van der Waals surface area contributed by atoms with Gasteiger partial charge in [-0.3, -0.25) is 0 Å². The molecule has 6 heteroatoms. The van der Waals surface area contributed by atoms with Crippen molar-refractivity contribution in [3.63, 3.8) is 0 Å². The standard InChI is InChI=1S/C11H17N3O3/c1-2-8(6-15)14-10(7-4-3-5-7)9(11(16)17)12-13-14/h7-8,15H,2-6H2,1H3,(H,16,17). The number of hydrogen-bond donors (Lipinski definition) is 2. The molecule has 0 aromatic carbocycles. The number of carboxylic acids is 1. The fourth-order valence-electron chi connectivity index (χ4n) is 2.16. The van der Waals surface area contributed by atoms with Crippen LogP contribution in [0.2, 0.25) is 0 Å². The highest BCUT2D eigenvalue weighted by atomic mass is 16.4. The Morgan fingerprint density at radius 2 is 2.29 bits per heavy atom. The second kappa shape index (κ2) is 4.83. The first kappa shape index (κ1) is 12.0. The molecule has 1 aromatic rings. The number of carbonyl (C=O) groups is 1. The summed E-state index contributed by atoms with van der Waals surface area (Å²) < 4.78 is 1.60. The predicted molar refractivity (Wildman–Crippen MR) is 60.0 cm³/mol. The molecule has 0 saturated heterocycles. The van der Waals surface area contributed by atoms with Gasteiger partial charge in [-0.2, -0.15) is 0 Å². The lowest BCUT2D eigenvalue weighted by molar-refractivity contribution is 0.0687. The van der Waals surface area contributed by atoms with E-state index in [4.69, 9.17) is 5.11 Å². The average molecular weight is 239 g/mol. The summed E-state index contributed by atoms with van der Waals surface area (Å²) in [6.45, 7) is 1.90. The molecule has 0 spiro atoms. The van der Waals surface area contributed by atoms with Crippen LogP contribution in [0.4, 0.5) is 0 Å². The zero-order chi connectivity index (χ0) is 12.4. The second-order valence-corrected chi connectivity index (χ2v) is 4.45. The van der Waals surface area contributed by atoms with Crippen molar-refractivity contribution in [2.24, 2.45) is 0 Å². The minimum atomic E-state index is -1.04. The van der Waals surface area contributed by atoms with E-state index in [-0.39, 0.29) is 24.3 Å². The van der Waals surface area contributed by atoms with Gasteiger partial charge in [0.25, 0.3) is 0 Å². The van der Waals surface area contributed by atoms with Crippen LogP contribution < -0.4 is 0 Å². The first-order chi connectivity index (χ1) is 8.19. The largest absolute Gasteiger partial charge is 0.476 e. The smallest absolute Gasteiger partial charge is 0.358 e. The molecule has 1 fully saturated rings. The third-order valence-electron chi connectivity index (χ3n) is 3.45. The first-order valence-corrected chi connectivity index (χ1v) is 5.98. The van der Waals surface area contributed by atoms with Gasteiger partial charge in [0.2, 0.25) is 0 Å². The summed E-state index contributed by atoms with van der Waals surface area (Å²) in [5.41, 5.74) is 0.728. The Bertz CT molecular complexity index is 408. The monoisotopic (exact) mass is 239 g/mol. The number of hydrogen-bond acceptors (Lipinski definition) is 4. The Morgan fingerprint density at radius 1 is 1.59 bits per heavy atom. The number of carboxylic acid groups (broad SMARTS) is 1. The van der Waals surface area contributed by atoms with E-state index >= 15 is 0 Å². The highest BCUT2D eigenvalue weighted by Gasteiger charge is 2.32. The molecule has 1 heterocycles. The molecule has 1 aromatic heterocycles. The topological polar surface area (TPSA) is 88.2 Å². The van der Waals surface area contributed by atoms with Crippen LogP contribution in [0.25, 0.3) is 0 Å². The van der Waals surface area contributed by atoms with Crippen LogP contribution in [0.5, 0.6) is 0 Å². The molecule has 94 valence electrons. The minimum Gasteiger partial charge on any atom is -0.476 e. The maximum atomic E-state index is 11.1. The Balaban J connectivity index is 2.40. The van der Waals surface area contributed by atoms with Crippen molar-refractivity contribution in [3.05, 3.63) is 11.4 Å². The van der Waals surface area contributed by atoms with E-state index in [9.17, 15) is 9.90 Å². The summed E-state index contributed by atoms with van der Waals surface area (Å²) >= 11 is 0. The lowest BCUT2D eigenvalue weighted by Gasteiger charge is -2.28. The highest BCUT2D eigenvalue weighted by molar-refractivity contribution is 5.86. The number of aromatic carboxylic acids is 1.